The van der Waals surface area contributed by atoms with E-state index < -0.39 is 0 Å². The van der Waals surface area contributed by atoms with E-state index in [2.05, 4.69) is 10.3 Å². The van der Waals surface area contributed by atoms with E-state index in [1.165, 1.54) is 25.7 Å². The molecule has 0 radical (unpaired) electrons. The highest BCUT2D eigenvalue weighted by atomic mass is 16.1. The molecule has 3 heteroatoms. The van der Waals surface area contributed by atoms with Crippen LogP contribution in [0.3, 0.4) is 0 Å². The summed E-state index contributed by atoms with van der Waals surface area (Å²) >= 11 is 0. The molecule has 3 atom stereocenters. The van der Waals surface area contributed by atoms with Gasteiger partial charge < -0.3 is 10.3 Å². The highest BCUT2D eigenvalue weighted by Crippen LogP contribution is 2.49. The number of carbonyl (C=O) groups excluding carboxylic acids is 1. The molecule has 3 nitrogen and oxygen atoms in total. The number of carbonyl (C=O) groups is 1. The number of fused-ring (bicyclic) bond motifs is 1. The minimum Gasteiger partial charge on any atom is -0.367 e. The van der Waals surface area contributed by atoms with Crippen LogP contribution in [-0.2, 0) is 0 Å². The molecule has 2 N–H and O–H groups in total. The summed E-state index contributed by atoms with van der Waals surface area (Å²) in [5, 5.41) is 3.14. The first-order valence-corrected chi connectivity index (χ1v) is 5.80. The summed E-state index contributed by atoms with van der Waals surface area (Å²) in [6.07, 6.45) is 8.84. The van der Waals surface area contributed by atoms with E-state index in [1.54, 1.807) is 12.4 Å². The molecule has 0 bridgehead atoms. The Labute approximate surface area is 89.3 Å². The van der Waals surface area contributed by atoms with Crippen molar-refractivity contribution in [3.63, 3.8) is 0 Å². The van der Waals surface area contributed by atoms with Crippen molar-refractivity contribution in [3.8, 4) is 0 Å². The fourth-order valence-corrected chi connectivity index (χ4v) is 2.91. The molecule has 1 unspecified atom stereocenters. The number of nitrogens with one attached hydrogen (secondary N) is 2. The Hall–Kier alpha value is -1.25. The molecular weight excluding hydrogens is 188 g/mol. The number of hydrogen-bond acceptors (Lipinski definition) is 1. The van der Waals surface area contributed by atoms with E-state index >= 15 is 0 Å². The Kier molecular flexibility index (Phi) is 2.04. The molecule has 0 aliphatic heterocycles. The molecule has 2 saturated carbocycles. The minimum atomic E-state index is 0.0793. The van der Waals surface area contributed by atoms with E-state index in [0.717, 1.165) is 17.4 Å². The molecular formula is C12H16N2O. The lowest BCUT2D eigenvalue weighted by atomic mass is 10.0. The lowest BCUT2D eigenvalue weighted by molar-refractivity contribution is 0.0947. The predicted octanol–water partition coefficient (Wildman–Crippen LogP) is 1.93. The van der Waals surface area contributed by atoms with Crippen molar-refractivity contribution in [3.05, 3.63) is 24.0 Å². The SMILES string of the molecule is O=C(NC1[C@H]2CCCC[C@@H]12)c1cc[nH]c1. The summed E-state index contributed by atoms with van der Waals surface area (Å²) in [4.78, 5) is 14.7. The molecule has 2 aliphatic rings. The second-order valence-electron chi connectivity index (χ2n) is 4.71. The maximum Gasteiger partial charge on any atom is 0.253 e. The minimum absolute atomic E-state index is 0.0793. The Morgan fingerprint density at radius 3 is 2.67 bits per heavy atom. The van der Waals surface area contributed by atoms with Crippen molar-refractivity contribution in [1.29, 1.82) is 0 Å². The van der Waals surface area contributed by atoms with Crippen molar-refractivity contribution < 1.29 is 4.79 Å². The summed E-state index contributed by atoms with van der Waals surface area (Å²) in [6, 6.07) is 2.29. The zero-order valence-corrected chi connectivity index (χ0v) is 8.70. The molecule has 1 aromatic heterocycles. The summed E-state index contributed by atoms with van der Waals surface area (Å²) in [6.45, 7) is 0. The van der Waals surface area contributed by atoms with Gasteiger partial charge in [0, 0.05) is 18.4 Å². The number of aromatic nitrogens is 1. The quantitative estimate of drug-likeness (QED) is 0.759. The van der Waals surface area contributed by atoms with Gasteiger partial charge >= 0.3 is 0 Å². The molecule has 1 heterocycles. The van der Waals surface area contributed by atoms with Crippen LogP contribution in [0.4, 0.5) is 0 Å². The standard InChI is InChI=1S/C12H16N2O/c15-12(8-5-6-13-7-8)14-11-9-3-1-2-4-10(9)11/h5-7,9-11,13H,1-4H2,(H,14,15)/t9-,10+,11?. The fourth-order valence-electron chi connectivity index (χ4n) is 2.91. The summed E-state index contributed by atoms with van der Waals surface area (Å²) < 4.78 is 0. The first-order valence-electron chi connectivity index (χ1n) is 5.80. The Morgan fingerprint density at radius 1 is 1.33 bits per heavy atom. The molecule has 15 heavy (non-hydrogen) atoms. The van der Waals surface area contributed by atoms with E-state index in [4.69, 9.17) is 0 Å². The van der Waals surface area contributed by atoms with Crippen LogP contribution < -0.4 is 5.32 Å². The van der Waals surface area contributed by atoms with Crippen molar-refractivity contribution in [2.24, 2.45) is 11.8 Å². The largest absolute Gasteiger partial charge is 0.367 e. The summed E-state index contributed by atoms with van der Waals surface area (Å²) in [7, 11) is 0. The third kappa shape index (κ3) is 1.56. The van der Waals surface area contributed by atoms with Crippen LogP contribution in [0.15, 0.2) is 18.5 Å². The molecule has 2 aliphatic carbocycles. The average Bonchev–Trinajstić information content (AvgIpc) is 2.75. The molecule has 1 aromatic rings. The number of hydrogen-bond donors (Lipinski definition) is 2. The van der Waals surface area contributed by atoms with E-state index in [9.17, 15) is 4.79 Å². The monoisotopic (exact) mass is 204 g/mol. The molecule has 0 aromatic carbocycles. The first-order chi connectivity index (χ1) is 7.36. The second kappa shape index (κ2) is 3.40. The zero-order chi connectivity index (χ0) is 10.3. The maximum atomic E-state index is 11.8. The summed E-state index contributed by atoms with van der Waals surface area (Å²) in [5.41, 5.74) is 0.749. The number of H-pyrrole nitrogens is 1. The van der Waals surface area contributed by atoms with E-state index in [1.807, 2.05) is 6.07 Å². The van der Waals surface area contributed by atoms with Crippen molar-refractivity contribution in [2.75, 3.05) is 0 Å². The second-order valence-corrected chi connectivity index (χ2v) is 4.71. The fraction of sp³-hybridized carbons (Fsp3) is 0.583. The van der Waals surface area contributed by atoms with Crippen molar-refractivity contribution in [2.45, 2.75) is 31.7 Å². The van der Waals surface area contributed by atoms with Gasteiger partial charge in [-0.2, -0.15) is 0 Å². The number of amides is 1. The normalized spacial score (nSPS) is 33.2. The third-order valence-electron chi connectivity index (χ3n) is 3.81. The Bertz CT molecular complexity index is 346. The molecule has 80 valence electrons. The lowest BCUT2D eigenvalue weighted by Crippen LogP contribution is -2.27. The van der Waals surface area contributed by atoms with Gasteiger partial charge in [-0.1, -0.05) is 12.8 Å². The molecule has 3 rings (SSSR count). The van der Waals surface area contributed by atoms with Crippen LogP contribution in [0.1, 0.15) is 36.0 Å². The highest BCUT2D eigenvalue weighted by Gasteiger charge is 2.51. The third-order valence-corrected chi connectivity index (χ3v) is 3.81. The van der Waals surface area contributed by atoms with Crippen LogP contribution in [0, 0.1) is 11.8 Å². The van der Waals surface area contributed by atoms with Gasteiger partial charge in [0.1, 0.15) is 0 Å². The number of aromatic amines is 1. The Balaban J connectivity index is 1.61. The van der Waals surface area contributed by atoms with Crippen LogP contribution in [-0.4, -0.2) is 16.9 Å². The number of rotatable bonds is 2. The summed E-state index contributed by atoms with van der Waals surface area (Å²) in [5.74, 6) is 1.64. The Morgan fingerprint density at radius 2 is 2.07 bits per heavy atom. The van der Waals surface area contributed by atoms with Crippen LogP contribution in [0.5, 0.6) is 0 Å². The smallest absolute Gasteiger partial charge is 0.253 e. The highest BCUT2D eigenvalue weighted by molar-refractivity contribution is 5.94. The van der Waals surface area contributed by atoms with Gasteiger partial charge in [-0.3, -0.25) is 4.79 Å². The molecule has 0 spiro atoms. The van der Waals surface area contributed by atoms with Gasteiger partial charge in [0.15, 0.2) is 0 Å². The average molecular weight is 204 g/mol. The van der Waals surface area contributed by atoms with Crippen LogP contribution in [0.25, 0.3) is 0 Å². The zero-order valence-electron chi connectivity index (χ0n) is 8.70. The van der Waals surface area contributed by atoms with E-state index in [0.29, 0.717) is 6.04 Å². The van der Waals surface area contributed by atoms with Gasteiger partial charge in [-0.25, -0.2) is 0 Å². The van der Waals surface area contributed by atoms with Crippen LogP contribution in [0.2, 0.25) is 0 Å². The van der Waals surface area contributed by atoms with Gasteiger partial charge in [0.2, 0.25) is 0 Å². The van der Waals surface area contributed by atoms with Crippen LogP contribution >= 0.6 is 0 Å². The van der Waals surface area contributed by atoms with E-state index in [-0.39, 0.29) is 5.91 Å². The molecule has 2 fully saturated rings. The van der Waals surface area contributed by atoms with Crippen molar-refractivity contribution >= 4 is 5.91 Å². The lowest BCUT2D eigenvalue weighted by Gasteiger charge is -2.04. The van der Waals surface area contributed by atoms with Gasteiger partial charge in [-0.05, 0) is 30.7 Å². The maximum absolute atomic E-state index is 11.8. The predicted molar refractivity (Wildman–Crippen MR) is 57.5 cm³/mol. The van der Waals surface area contributed by atoms with Gasteiger partial charge in [0.25, 0.3) is 5.91 Å². The molecule has 1 amide bonds. The first kappa shape index (κ1) is 9.01. The van der Waals surface area contributed by atoms with Gasteiger partial charge in [0.05, 0.1) is 5.56 Å². The topological polar surface area (TPSA) is 44.9 Å². The molecule has 0 saturated heterocycles. The van der Waals surface area contributed by atoms with Crippen molar-refractivity contribution in [1.82, 2.24) is 10.3 Å². The van der Waals surface area contributed by atoms with Gasteiger partial charge in [-0.15, -0.1) is 0 Å².